The van der Waals surface area contributed by atoms with E-state index in [0.717, 1.165) is 0 Å². The first-order valence-electron chi connectivity index (χ1n) is 4.98. The van der Waals surface area contributed by atoms with E-state index in [1.165, 1.54) is 6.92 Å². The van der Waals surface area contributed by atoms with Gasteiger partial charge in [-0.1, -0.05) is 6.07 Å². The molecule has 0 radical (unpaired) electrons. The van der Waals surface area contributed by atoms with Gasteiger partial charge in [0, 0.05) is 31.3 Å². The van der Waals surface area contributed by atoms with E-state index in [9.17, 15) is 9.59 Å². The van der Waals surface area contributed by atoms with Crippen molar-refractivity contribution >= 4 is 29.9 Å². The SMILES string of the molecule is CC(=O)NCCNC(=O)c1cccc(N)c1.Cl. The second-order valence-corrected chi connectivity index (χ2v) is 3.36. The first kappa shape index (κ1) is 15.2. The Labute approximate surface area is 106 Å². The molecule has 1 aromatic carbocycles. The van der Waals surface area contributed by atoms with E-state index in [1.807, 2.05) is 0 Å². The molecule has 0 aliphatic rings. The average Bonchev–Trinajstić information content (AvgIpc) is 2.24. The normalized spacial score (nSPS) is 9.00. The average molecular weight is 258 g/mol. The summed E-state index contributed by atoms with van der Waals surface area (Å²) in [6.45, 7) is 2.25. The van der Waals surface area contributed by atoms with Gasteiger partial charge in [-0.3, -0.25) is 9.59 Å². The molecule has 0 fully saturated rings. The fourth-order valence-electron chi connectivity index (χ4n) is 1.20. The second-order valence-electron chi connectivity index (χ2n) is 3.36. The zero-order valence-electron chi connectivity index (χ0n) is 9.53. The number of rotatable bonds is 4. The van der Waals surface area contributed by atoms with Crippen LogP contribution < -0.4 is 16.4 Å². The number of hydrogen-bond donors (Lipinski definition) is 3. The van der Waals surface area contributed by atoms with E-state index >= 15 is 0 Å². The number of nitrogens with two attached hydrogens (primary N) is 1. The topological polar surface area (TPSA) is 84.2 Å². The molecule has 1 rings (SSSR count). The summed E-state index contributed by atoms with van der Waals surface area (Å²) >= 11 is 0. The maximum absolute atomic E-state index is 11.6. The Hall–Kier alpha value is -1.75. The highest BCUT2D eigenvalue weighted by Gasteiger charge is 2.04. The van der Waals surface area contributed by atoms with Crippen LogP contribution in [-0.2, 0) is 4.79 Å². The third-order valence-electron chi connectivity index (χ3n) is 1.93. The van der Waals surface area contributed by atoms with Crippen molar-refractivity contribution in [3.05, 3.63) is 29.8 Å². The van der Waals surface area contributed by atoms with Gasteiger partial charge in [0.1, 0.15) is 0 Å². The lowest BCUT2D eigenvalue weighted by Crippen LogP contribution is -2.33. The number of carbonyl (C=O) groups excluding carboxylic acids is 2. The lowest BCUT2D eigenvalue weighted by atomic mass is 10.2. The van der Waals surface area contributed by atoms with Crippen LogP contribution in [0.15, 0.2) is 24.3 Å². The molecule has 94 valence electrons. The van der Waals surface area contributed by atoms with E-state index in [4.69, 9.17) is 5.73 Å². The van der Waals surface area contributed by atoms with Gasteiger partial charge in [0.05, 0.1) is 0 Å². The lowest BCUT2D eigenvalue weighted by molar-refractivity contribution is -0.118. The van der Waals surface area contributed by atoms with Crippen LogP contribution in [0.1, 0.15) is 17.3 Å². The van der Waals surface area contributed by atoms with Gasteiger partial charge in [-0.15, -0.1) is 12.4 Å². The molecule has 6 heteroatoms. The number of carbonyl (C=O) groups is 2. The van der Waals surface area contributed by atoms with Gasteiger partial charge in [0.2, 0.25) is 5.91 Å². The van der Waals surface area contributed by atoms with Gasteiger partial charge < -0.3 is 16.4 Å². The predicted molar refractivity (Wildman–Crippen MR) is 69.1 cm³/mol. The van der Waals surface area contributed by atoms with Gasteiger partial charge in [-0.2, -0.15) is 0 Å². The molecule has 0 bridgehead atoms. The van der Waals surface area contributed by atoms with Crippen LogP contribution in [0.2, 0.25) is 0 Å². The van der Waals surface area contributed by atoms with E-state index < -0.39 is 0 Å². The third-order valence-corrected chi connectivity index (χ3v) is 1.93. The molecule has 4 N–H and O–H groups in total. The predicted octanol–water partition coefficient (Wildman–Crippen LogP) is 0.556. The Morgan fingerprint density at radius 3 is 2.47 bits per heavy atom. The first-order valence-corrected chi connectivity index (χ1v) is 4.98. The highest BCUT2D eigenvalue weighted by atomic mass is 35.5. The molecule has 0 heterocycles. The van der Waals surface area contributed by atoms with Crippen LogP contribution >= 0.6 is 12.4 Å². The molecule has 1 aromatic rings. The van der Waals surface area contributed by atoms with Crippen LogP contribution in [0.25, 0.3) is 0 Å². The van der Waals surface area contributed by atoms with Crippen molar-refractivity contribution in [2.24, 2.45) is 0 Å². The number of halogens is 1. The first-order chi connectivity index (χ1) is 7.59. The Bertz CT molecular complexity index is 396. The largest absolute Gasteiger partial charge is 0.399 e. The van der Waals surface area contributed by atoms with Gasteiger partial charge in [0.25, 0.3) is 5.91 Å². The number of hydrogen-bond acceptors (Lipinski definition) is 3. The summed E-state index contributed by atoms with van der Waals surface area (Å²) < 4.78 is 0. The molecule has 0 aliphatic carbocycles. The van der Waals surface area contributed by atoms with Gasteiger partial charge in [-0.05, 0) is 18.2 Å². The minimum Gasteiger partial charge on any atom is -0.399 e. The van der Waals surface area contributed by atoms with Gasteiger partial charge in [0.15, 0.2) is 0 Å². The third kappa shape index (κ3) is 5.77. The van der Waals surface area contributed by atoms with E-state index in [2.05, 4.69) is 10.6 Å². The molecule has 5 nitrogen and oxygen atoms in total. The zero-order chi connectivity index (χ0) is 12.0. The summed E-state index contributed by atoms with van der Waals surface area (Å²) in [4.78, 5) is 22.1. The molecule has 0 saturated carbocycles. The highest BCUT2D eigenvalue weighted by Crippen LogP contribution is 2.05. The van der Waals surface area contributed by atoms with Crippen LogP contribution in [-0.4, -0.2) is 24.9 Å². The molecule has 0 aliphatic heterocycles. The van der Waals surface area contributed by atoms with Crippen molar-refractivity contribution in [1.82, 2.24) is 10.6 Å². The number of nitrogen functional groups attached to an aromatic ring is 1. The maximum atomic E-state index is 11.6. The number of benzene rings is 1. The minimum atomic E-state index is -0.197. The molecule has 17 heavy (non-hydrogen) atoms. The Morgan fingerprint density at radius 1 is 1.24 bits per heavy atom. The highest BCUT2D eigenvalue weighted by molar-refractivity contribution is 5.94. The van der Waals surface area contributed by atoms with Crippen molar-refractivity contribution in [2.75, 3.05) is 18.8 Å². The Kier molecular flexibility index (Phi) is 6.74. The smallest absolute Gasteiger partial charge is 0.251 e. The Balaban J connectivity index is 0.00000256. The minimum absolute atomic E-state index is 0. The molecule has 0 atom stereocenters. The van der Waals surface area contributed by atoms with Crippen molar-refractivity contribution in [1.29, 1.82) is 0 Å². The maximum Gasteiger partial charge on any atom is 0.251 e. The molecular formula is C11H16ClN3O2. The molecule has 0 saturated heterocycles. The Morgan fingerprint density at radius 2 is 1.88 bits per heavy atom. The van der Waals surface area contributed by atoms with Crippen molar-refractivity contribution < 1.29 is 9.59 Å². The molecule has 0 unspecified atom stereocenters. The summed E-state index contributed by atoms with van der Waals surface area (Å²) in [5, 5.41) is 5.26. The van der Waals surface area contributed by atoms with Gasteiger partial charge in [-0.25, -0.2) is 0 Å². The van der Waals surface area contributed by atoms with E-state index in [1.54, 1.807) is 24.3 Å². The summed E-state index contributed by atoms with van der Waals surface area (Å²) in [6.07, 6.45) is 0. The van der Waals surface area contributed by atoms with Crippen molar-refractivity contribution in [3.63, 3.8) is 0 Å². The van der Waals surface area contributed by atoms with E-state index in [0.29, 0.717) is 24.3 Å². The van der Waals surface area contributed by atoms with Crippen LogP contribution in [0.3, 0.4) is 0 Å². The quantitative estimate of drug-likeness (QED) is 0.544. The summed E-state index contributed by atoms with van der Waals surface area (Å²) in [7, 11) is 0. The second kappa shape index (κ2) is 7.51. The number of amides is 2. The number of nitrogens with one attached hydrogen (secondary N) is 2. The molecule has 0 spiro atoms. The van der Waals surface area contributed by atoms with Gasteiger partial charge >= 0.3 is 0 Å². The molecular weight excluding hydrogens is 242 g/mol. The zero-order valence-corrected chi connectivity index (χ0v) is 10.3. The summed E-state index contributed by atoms with van der Waals surface area (Å²) in [6, 6.07) is 6.73. The number of anilines is 1. The summed E-state index contributed by atoms with van der Waals surface area (Å²) in [5.74, 6) is -0.309. The van der Waals surface area contributed by atoms with Crippen molar-refractivity contribution in [2.45, 2.75) is 6.92 Å². The standard InChI is InChI=1S/C11H15N3O2.ClH/c1-8(15)13-5-6-14-11(16)9-3-2-4-10(12)7-9;/h2-4,7H,5-6,12H2,1H3,(H,13,15)(H,14,16);1H. The van der Waals surface area contributed by atoms with E-state index in [-0.39, 0.29) is 24.2 Å². The van der Waals surface area contributed by atoms with Crippen molar-refractivity contribution in [3.8, 4) is 0 Å². The molecule has 2 amide bonds. The monoisotopic (exact) mass is 257 g/mol. The summed E-state index contributed by atoms with van der Waals surface area (Å²) in [5.41, 5.74) is 6.62. The lowest BCUT2D eigenvalue weighted by Gasteiger charge is -2.06. The fourth-order valence-corrected chi connectivity index (χ4v) is 1.20. The van der Waals surface area contributed by atoms with Crippen LogP contribution in [0.4, 0.5) is 5.69 Å². The fraction of sp³-hybridized carbons (Fsp3) is 0.273. The molecule has 0 aromatic heterocycles. The van der Waals surface area contributed by atoms with Crippen LogP contribution in [0, 0.1) is 0 Å². The van der Waals surface area contributed by atoms with Crippen LogP contribution in [0.5, 0.6) is 0 Å².